The van der Waals surface area contributed by atoms with Crippen molar-refractivity contribution in [1.29, 1.82) is 0 Å². The Kier molecular flexibility index (Phi) is 36.1. The number of aliphatic carboxylic acids is 9. The van der Waals surface area contributed by atoms with Crippen LogP contribution in [-0.2, 0) is 76.5 Å². The Morgan fingerprint density at radius 3 is 1.25 bits per heavy atom. The van der Waals surface area contributed by atoms with Gasteiger partial charge in [-0.25, -0.2) is 4.98 Å². The predicted molar refractivity (Wildman–Crippen MR) is 357 cm³/mol. The lowest BCUT2D eigenvalue weighted by atomic mass is 9.85. The fraction of sp³-hybridized carbons (Fsp3) is 0.561. The first kappa shape index (κ1) is 84.4. The molecule has 0 saturated heterocycles. The van der Waals surface area contributed by atoms with Crippen LogP contribution < -0.4 is 31.0 Å². The lowest BCUT2D eigenvalue weighted by molar-refractivity contribution is -0.152. The van der Waals surface area contributed by atoms with E-state index in [4.69, 9.17) is 28.3 Å². The average molecular weight is 1440 g/mol. The summed E-state index contributed by atoms with van der Waals surface area (Å²) in [5.41, 5.74) is 0.312. The van der Waals surface area contributed by atoms with Crippen LogP contribution in [0.25, 0.3) is 33.3 Å². The SMILES string of the molecule is CCN(CC)c1ccc2nc3c4cc(OCC(=O)CC(COCCC(=O)NCCCCC(C(=O)O)N(CC(=O)O)CC(=O)O)(COCCC(=O)NCCCCC(C(=O)O)N(CC(=O)O)CC(=O)O)COCCC(=O)NCCCCC(C(=O)O)N(CC(=O)O)CC(=O)O)ccc4c(=O)cc-3oc2c1. The molecule has 2 aromatic rings. The van der Waals surface area contributed by atoms with Crippen LogP contribution in [0.1, 0.15) is 97.3 Å². The number of ketones is 1. The molecule has 36 heteroatoms. The number of fused-ring (bicyclic) bond motifs is 4. The van der Waals surface area contributed by atoms with Crippen molar-refractivity contribution in [3.05, 3.63) is 52.7 Å². The maximum atomic E-state index is 14.4. The van der Waals surface area contributed by atoms with E-state index in [9.17, 15) is 113 Å². The first-order valence-corrected chi connectivity index (χ1v) is 32.9. The topological polar surface area (TPSA) is 533 Å². The predicted octanol–water partition coefficient (Wildman–Crippen LogP) is 1.47. The molecule has 12 N–H and O–H groups in total. The molecule has 1 heterocycles. The van der Waals surface area contributed by atoms with Crippen molar-refractivity contribution >= 4 is 105 Å². The normalized spacial score (nSPS) is 12.9. The maximum Gasteiger partial charge on any atom is 0.320 e. The van der Waals surface area contributed by atoms with Crippen molar-refractivity contribution in [2.75, 3.05) is 123 Å². The molecule has 36 nitrogen and oxygen atoms in total. The van der Waals surface area contributed by atoms with E-state index >= 15 is 0 Å². The molecular weight excluding hydrogens is 1350 g/mol. The summed E-state index contributed by atoms with van der Waals surface area (Å²) in [6.45, 7) is -2.07. The molecule has 0 aromatic heterocycles. The number of carboxylic acids is 9. The van der Waals surface area contributed by atoms with Gasteiger partial charge in [-0.05, 0) is 102 Å². The third kappa shape index (κ3) is 30.1. The van der Waals surface area contributed by atoms with Gasteiger partial charge in [0, 0.05) is 92.4 Å². The fourth-order valence-electron chi connectivity index (χ4n) is 11.2. The highest BCUT2D eigenvalue weighted by Crippen LogP contribution is 2.34. The van der Waals surface area contributed by atoms with Gasteiger partial charge >= 0.3 is 53.7 Å². The van der Waals surface area contributed by atoms with Crippen molar-refractivity contribution in [2.24, 2.45) is 5.41 Å². The summed E-state index contributed by atoms with van der Waals surface area (Å²) in [6, 6.07) is 7.06. The second-order valence-corrected chi connectivity index (χ2v) is 24.1. The Bertz CT molecular complexity index is 3310. The number of nitrogens with one attached hydrogen (secondary N) is 3. The van der Waals surface area contributed by atoms with Crippen molar-refractivity contribution < 1.29 is 132 Å². The van der Waals surface area contributed by atoms with Crippen molar-refractivity contribution in [2.45, 2.75) is 115 Å². The highest BCUT2D eigenvalue weighted by atomic mass is 16.5. The molecule has 102 heavy (non-hydrogen) atoms. The third-order valence-corrected chi connectivity index (χ3v) is 16.0. The molecule has 0 saturated carbocycles. The molecule has 0 radical (unpaired) electrons. The number of hydrogen-bond acceptors (Lipinski definition) is 24. The summed E-state index contributed by atoms with van der Waals surface area (Å²) >= 11 is 0. The quantitative estimate of drug-likeness (QED) is 0.0169. The van der Waals surface area contributed by atoms with Crippen molar-refractivity contribution in [3.63, 3.8) is 0 Å². The summed E-state index contributed by atoms with van der Waals surface area (Å²) in [4.78, 5) is 181. The third-order valence-electron chi connectivity index (χ3n) is 16.0. The van der Waals surface area contributed by atoms with E-state index in [-0.39, 0.29) is 159 Å². The number of nitrogens with zero attached hydrogens (tertiary/aromatic N) is 5. The molecule has 3 amide bonds. The monoisotopic (exact) mass is 1440 g/mol. The molecule has 2 aliphatic rings. The van der Waals surface area contributed by atoms with Gasteiger partial charge in [-0.2, -0.15) is 0 Å². The fourth-order valence-corrected chi connectivity index (χ4v) is 11.2. The Hall–Kier alpha value is -10.0. The Morgan fingerprint density at radius 1 is 0.500 bits per heavy atom. The zero-order valence-electron chi connectivity index (χ0n) is 56.7. The summed E-state index contributed by atoms with van der Waals surface area (Å²) in [5, 5.41) is 93.3. The van der Waals surface area contributed by atoms with Gasteiger partial charge in [0.15, 0.2) is 22.6 Å². The van der Waals surface area contributed by atoms with Crippen LogP contribution in [0.5, 0.6) is 5.75 Å². The second kappa shape index (κ2) is 43.6. The minimum absolute atomic E-state index is 0.0246. The van der Waals surface area contributed by atoms with Gasteiger partial charge in [-0.1, -0.05) is 0 Å². The Morgan fingerprint density at radius 2 is 0.892 bits per heavy atom. The van der Waals surface area contributed by atoms with Gasteiger partial charge in [0.25, 0.3) is 0 Å². The number of carboxylic acid groups (broad SMARTS) is 9. The number of hydrogen-bond donors (Lipinski definition) is 12. The molecule has 3 atom stereocenters. The summed E-state index contributed by atoms with van der Waals surface area (Å²) < 4.78 is 30.5. The summed E-state index contributed by atoms with van der Waals surface area (Å²) in [7, 11) is 0. The molecule has 4 rings (SSSR count). The average Bonchev–Trinajstić information content (AvgIpc) is 0.755. The van der Waals surface area contributed by atoms with Gasteiger partial charge in [-0.15, -0.1) is 0 Å². The van der Waals surface area contributed by atoms with Gasteiger partial charge in [0.05, 0.1) is 78.9 Å². The lowest BCUT2D eigenvalue weighted by Gasteiger charge is -2.33. The number of amides is 3. The zero-order valence-corrected chi connectivity index (χ0v) is 56.7. The molecule has 0 spiro atoms. The number of Topliss-reactive ketones (excluding diaryl/α,β-unsaturated/α-hetero) is 1. The van der Waals surface area contributed by atoms with Crippen LogP contribution in [0, 0.1) is 5.41 Å². The van der Waals surface area contributed by atoms with Gasteiger partial charge < -0.3 is 90.2 Å². The van der Waals surface area contributed by atoms with Crippen molar-refractivity contribution in [1.82, 2.24) is 35.6 Å². The first-order chi connectivity index (χ1) is 48.4. The maximum absolute atomic E-state index is 14.4. The van der Waals surface area contributed by atoms with Gasteiger partial charge in [0.1, 0.15) is 41.7 Å². The van der Waals surface area contributed by atoms with Crippen LogP contribution in [-0.4, -0.2) is 279 Å². The molecule has 0 bridgehead atoms. The van der Waals surface area contributed by atoms with Crippen LogP contribution in [0.15, 0.2) is 51.7 Å². The number of aromatic nitrogens is 1. The van der Waals surface area contributed by atoms with Gasteiger partial charge in [-0.3, -0.25) is 81.8 Å². The number of ether oxygens (including phenoxy) is 4. The van der Waals surface area contributed by atoms with Crippen LogP contribution >= 0.6 is 0 Å². The molecular formula is C66H90N8O28. The van der Waals surface area contributed by atoms with Crippen molar-refractivity contribution in [3.8, 4) is 17.2 Å². The summed E-state index contributed by atoms with van der Waals surface area (Å²) in [5.74, 6) is -14.7. The molecule has 3 unspecified atom stereocenters. The number of rotatable bonds is 56. The highest BCUT2D eigenvalue weighted by Gasteiger charge is 2.36. The smallest absolute Gasteiger partial charge is 0.320 e. The molecule has 1 aliphatic carbocycles. The first-order valence-electron chi connectivity index (χ1n) is 32.9. The van der Waals surface area contributed by atoms with E-state index in [0.29, 0.717) is 22.2 Å². The van der Waals surface area contributed by atoms with Crippen LogP contribution in [0.3, 0.4) is 0 Å². The van der Waals surface area contributed by atoms with E-state index in [1.54, 1.807) is 6.07 Å². The van der Waals surface area contributed by atoms with Crippen LogP contribution in [0.4, 0.5) is 5.69 Å². The number of benzene rings is 3. The van der Waals surface area contributed by atoms with E-state index in [1.165, 1.54) is 24.3 Å². The number of carbonyl (C=O) groups is 13. The lowest BCUT2D eigenvalue weighted by Crippen LogP contribution is -2.46. The number of carbonyl (C=O) groups excluding carboxylic acids is 4. The number of unbranched alkanes of at least 4 members (excludes halogenated alkanes) is 3. The zero-order chi connectivity index (χ0) is 75.5. The largest absolute Gasteiger partial charge is 0.486 e. The van der Waals surface area contributed by atoms with E-state index in [1.807, 2.05) is 26.0 Å². The Labute approximate surface area is 584 Å². The van der Waals surface area contributed by atoms with Gasteiger partial charge in [0.2, 0.25) is 17.7 Å². The molecule has 0 fully saturated rings. The van der Waals surface area contributed by atoms with E-state index < -0.39 is 153 Å². The highest BCUT2D eigenvalue weighted by molar-refractivity contribution is 5.97. The minimum Gasteiger partial charge on any atom is -0.486 e. The molecule has 1 aliphatic heterocycles. The van der Waals surface area contributed by atoms with E-state index in [0.717, 1.165) is 33.5 Å². The summed E-state index contributed by atoms with van der Waals surface area (Å²) in [6.07, 6.45) is -0.646. The Balaban J connectivity index is 1.55. The standard InChI is InChI=1S/C66H90N8O28/c1-3-71(4-2)41-14-17-46-51(27-41)102-52-29-50(76)44-16-15-43(28-45(44)62(52)70-46)101-37-42(75)30-66(38-98-24-18-53(77)67-21-8-5-11-47(63(92)93)72(31-56(80)81)32-57(82)83,39-99-25-19-54(78)68-22-9-6-12-48(64(94)95)73(33-58(84)85)34-59(86)87)40-100-26-20-55(79)69-23-10-7-13-49(65(96)97)74(35-60(88)89)36-61(90)91/h14-17,27-29,47-49H,3-13,18-26,30-40H2,1-2H3,(H,67,77)(H,68,78)(H,69,79)(H,80,81)(H,82,83)(H,84,85)(H,86,87)(H,88,89)(H,90,91)(H,92,93)(H,94,95)(H,96,97). The minimum atomic E-state index is -1.49. The molecule has 2 aromatic carbocycles. The van der Waals surface area contributed by atoms with E-state index in [2.05, 4.69) is 20.9 Å². The molecule has 562 valence electrons. The second-order valence-electron chi connectivity index (χ2n) is 24.1. The van der Waals surface area contributed by atoms with Crippen LogP contribution in [0.2, 0.25) is 0 Å². The number of anilines is 1.